The molecule has 0 spiro atoms. The van der Waals surface area contributed by atoms with Crippen LogP contribution < -0.4 is 20.7 Å². The number of hydrogen-bond donors (Lipinski definition) is 2. The van der Waals surface area contributed by atoms with Gasteiger partial charge in [-0.05, 0) is 19.1 Å². The lowest BCUT2D eigenvalue weighted by atomic mass is 10.2. The lowest BCUT2D eigenvalue weighted by molar-refractivity contribution is -0.153. The van der Waals surface area contributed by atoms with Crippen molar-refractivity contribution in [3.05, 3.63) is 24.3 Å². The van der Waals surface area contributed by atoms with E-state index in [4.69, 9.17) is 15.2 Å². The molecule has 0 saturated heterocycles. The Morgan fingerprint density at radius 2 is 2.08 bits per heavy atom. The molecule has 4 amide bonds. The smallest absolute Gasteiger partial charge is 0.326 e. The van der Waals surface area contributed by atoms with Crippen molar-refractivity contribution < 1.29 is 28.7 Å². The van der Waals surface area contributed by atoms with E-state index in [0.717, 1.165) is 0 Å². The summed E-state index contributed by atoms with van der Waals surface area (Å²) < 4.78 is 10.4. The summed E-state index contributed by atoms with van der Waals surface area (Å²) >= 11 is 0. The SMILES string of the molecule is C[C@@H](OC(=O)CN1C(=O)CCOc2ccccc21)C(=O)NC(N)=O. The van der Waals surface area contributed by atoms with Crippen molar-refractivity contribution in [2.24, 2.45) is 5.73 Å². The van der Waals surface area contributed by atoms with Gasteiger partial charge in [-0.15, -0.1) is 0 Å². The third-order valence-electron chi connectivity index (χ3n) is 3.24. The Hall–Kier alpha value is -3.10. The van der Waals surface area contributed by atoms with Crippen LogP contribution in [0.4, 0.5) is 10.5 Å². The Balaban J connectivity index is 2.06. The minimum Gasteiger partial charge on any atom is -0.491 e. The summed E-state index contributed by atoms with van der Waals surface area (Å²) in [5, 5.41) is 1.81. The van der Waals surface area contributed by atoms with E-state index in [-0.39, 0.29) is 25.5 Å². The second kappa shape index (κ2) is 7.44. The van der Waals surface area contributed by atoms with Gasteiger partial charge in [-0.1, -0.05) is 12.1 Å². The van der Waals surface area contributed by atoms with Gasteiger partial charge in [-0.3, -0.25) is 24.6 Å². The van der Waals surface area contributed by atoms with Crippen LogP contribution in [0.25, 0.3) is 0 Å². The number of nitrogens with one attached hydrogen (secondary N) is 1. The van der Waals surface area contributed by atoms with Crippen LogP contribution in [0.1, 0.15) is 13.3 Å². The molecular weight excluding hydrogens is 318 g/mol. The Morgan fingerprint density at radius 1 is 1.38 bits per heavy atom. The molecule has 24 heavy (non-hydrogen) atoms. The molecule has 0 unspecified atom stereocenters. The van der Waals surface area contributed by atoms with Crippen molar-refractivity contribution in [2.75, 3.05) is 18.1 Å². The van der Waals surface area contributed by atoms with E-state index in [1.165, 1.54) is 11.8 Å². The largest absolute Gasteiger partial charge is 0.491 e. The molecule has 128 valence electrons. The van der Waals surface area contributed by atoms with Gasteiger partial charge in [-0.2, -0.15) is 0 Å². The summed E-state index contributed by atoms with van der Waals surface area (Å²) in [6.07, 6.45) is -1.11. The van der Waals surface area contributed by atoms with Crippen LogP contribution in [0.15, 0.2) is 24.3 Å². The number of benzene rings is 1. The van der Waals surface area contributed by atoms with E-state index in [1.54, 1.807) is 24.3 Å². The number of hydrogen-bond acceptors (Lipinski definition) is 6. The standard InChI is InChI=1S/C15H17N3O6/c1-9(14(21)17-15(16)22)24-13(20)8-18-10-4-2-3-5-11(10)23-7-6-12(18)19/h2-5,9H,6-8H2,1H3,(H3,16,17,21,22)/t9-/m1/s1. The van der Waals surface area contributed by atoms with E-state index in [2.05, 4.69) is 0 Å². The van der Waals surface area contributed by atoms with Crippen molar-refractivity contribution >= 4 is 29.5 Å². The maximum atomic E-state index is 12.2. The van der Waals surface area contributed by atoms with Gasteiger partial charge in [0.05, 0.1) is 18.7 Å². The van der Waals surface area contributed by atoms with Gasteiger partial charge < -0.3 is 15.2 Å². The van der Waals surface area contributed by atoms with Crippen molar-refractivity contribution in [3.8, 4) is 5.75 Å². The fourth-order valence-electron chi connectivity index (χ4n) is 2.13. The molecule has 0 aromatic heterocycles. The van der Waals surface area contributed by atoms with Gasteiger partial charge in [0.2, 0.25) is 5.91 Å². The highest BCUT2D eigenvalue weighted by Gasteiger charge is 2.27. The van der Waals surface area contributed by atoms with E-state index in [1.807, 2.05) is 5.32 Å². The maximum Gasteiger partial charge on any atom is 0.326 e. The van der Waals surface area contributed by atoms with Gasteiger partial charge >= 0.3 is 12.0 Å². The van der Waals surface area contributed by atoms with Crippen LogP contribution in [0, 0.1) is 0 Å². The average molecular weight is 335 g/mol. The molecule has 0 bridgehead atoms. The van der Waals surface area contributed by atoms with Gasteiger partial charge in [-0.25, -0.2) is 4.79 Å². The van der Waals surface area contributed by atoms with Crippen LogP contribution in [0.5, 0.6) is 5.75 Å². The Morgan fingerprint density at radius 3 is 2.79 bits per heavy atom. The molecule has 9 nitrogen and oxygen atoms in total. The number of ether oxygens (including phenoxy) is 2. The minimum atomic E-state index is -1.22. The second-order valence-electron chi connectivity index (χ2n) is 5.03. The monoisotopic (exact) mass is 335 g/mol. The number of fused-ring (bicyclic) bond motifs is 1. The molecule has 1 aromatic rings. The third-order valence-corrected chi connectivity index (χ3v) is 3.24. The summed E-state index contributed by atoms with van der Waals surface area (Å²) in [6, 6.07) is 5.75. The molecule has 0 aliphatic carbocycles. The van der Waals surface area contributed by atoms with Crippen LogP contribution in [0.2, 0.25) is 0 Å². The summed E-state index contributed by atoms with van der Waals surface area (Å²) in [7, 11) is 0. The molecule has 1 heterocycles. The highest BCUT2D eigenvalue weighted by Crippen LogP contribution is 2.30. The zero-order valence-electron chi connectivity index (χ0n) is 13.0. The molecule has 0 fully saturated rings. The molecular formula is C15H17N3O6. The topological polar surface area (TPSA) is 128 Å². The normalized spacial score (nSPS) is 14.7. The Labute approximate surface area is 137 Å². The molecule has 1 aliphatic rings. The number of anilines is 1. The number of amides is 4. The molecule has 1 atom stereocenters. The highest BCUT2D eigenvalue weighted by molar-refractivity contribution is 6.00. The third kappa shape index (κ3) is 4.22. The fourth-order valence-corrected chi connectivity index (χ4v) is 2.13. The van der Waals surface area contributed by atoms with E-state index in [0.29, 0.717) is 11.4 Å². The van der Waals surface area contributed by atoms with Gasteiger partial charge in [0.25, 0.3) is 5.91 Å². The first-order chi connectivity index (χ1) is 11.4. The Kier molecular flexibility index (Phi) is 5.35. The summed E-state index contributed by atoms with van der Waals surface area (Å²) in [6.45, 7) is 1.11. The van der Waals surface area contributed by atoms with Crippen LogP contribution >= 0.6 is 0 Å². The van der Waals surface area contributed by atoms with Gasteiger partial charge in [0.15, 0.2) is 6.10 Å². The summed E-state index contributed by atoms with van der Waals surface area (Å²) in [5.41, 5.74) is 5.27. The molecule has 3 N–H and O–H groups in total. The maximum absolute atomic E-state index is 12.2. The lowest BCUT2D eigenvalue weighted by Gasteiger charge is -2.21. The fraction of sp³-hybridized carbons (Fsp3) is 0.333. The number of nitrogens with zero attached hydrogens (tertiary/aromatic N) is 1. The minimum absolute atomic E-state index is 0.111. The molecule has 1 aromatic carbocycles. The molecule has 1 aliphatic heterocycles. The molecule has 2 rings (SSSR count). The molecule has 0 radical (unpaired) electrons. The molecule has 0 saturated carbocycles. The van der Waals surface area contributed by atoms with Crippen LogP contribution in [-0.4, -0.2) is 43.1 Å². The van der Waals surface area contributed by atoms with E-state index < -0.39 is 24.0 Å². The highest BCUT2D eigenvalue weighted by atomic mass is 16.5. The van der Waals surface area contributed by atoms with E-state index in [9.17, 15) is 19.2 Å². The first-order valence-electron chi connectivity index (χ1n) is 7.20. The zero-order chi connectivity index (χ0) is 17.7. The first kappa shape index (κ1) is 17.3. The number of esters is 1. The van der Waals surface area contributed by atoms with Gasteiger partial charge in [0.1, 0.15) is 12.3 Å². The van der Waals surface area contributed by atoms with E-state index >= 15 is 0 Å². The number of carbonyl (C=O) groups is 4. The van der Waals surface area contributed by atoms with Crippen molar-refractivity contribution in [1.29, 1.82) is 0 Å². The quantitative estimate of drug-likeness (QED) is 0.741. The second-order valence-corrected chi connectivity index (χ2v) is 5.03. The summed E-state index contributed by atoms with van der Waals surface area (Å²) in [5.74, 6) is -1.46. The van der Waals surface area contributed by atoms with Gasteiger partial charge in [0, 0.05) is 0 Å². The van der Waals surface area contributed by atoms with Crippen molar-refractivity contribution in [3.63, 3.8) is 0 Å². The number of carbonyl (C=O) groups excluding carboxylic acids is 4. The number of imide groups is 1. The van der Waals surface area contributed by atoms with Crippen molar-refractivity contribution in [2.45, 2.75) is 19.4 Å². The predicted molar refractivity (Wildman–Crippen MR) is 82.2 cm³/mol. The number of rotatable bonds is 4. The number of nitrogens with two attached hydrogens (primary N) is 1. The van der Waals surface area contributed by atoms with Crippen LogP contribution in [-0.2, 0) is 19.1 Å². The number of para-hydroxylation sites is 2. The van der Waals surface area contributed by atoms with Crippen molar-refractivity contribution in [1.82, 2.24) is 5.32 Å². The summed E-state index contributed by atoms with van der Waals surface area (Å²) in [4.78, 5) is 47.6. The predicted octanol–water partition coefficient (Wildman–Crippen LogP) is -0.0713. The number of urea groups is 1. The zero-order valence-corrected chi connectivity index (χ0v) is 13.0. The molecule has 9 heteroatoms. The average Bonchev–Trinajstić information content (AvgIpc) is 2.66. The first-order valence-corrected chi connectivity index (χ1v) is 7.20. The Bertz CT molecular complexity index is 675. The lowest BCUT2D eigenvalue weighted by Crippen LogP contribution is -2.44. The van der Waals surface area contributed by atoms with Crippen LogP contribution in [0.3, 0.4) is 0 Å². The number of primary amides is 1.